The number of amides is 2. The summed E-state index contributed by atoms with van der Waals surface area (Å²) in [6.45, 7) is 0.0281. The second-order valence-electron chi connectivity index (χ2n) is 10.5. The first-order chi connectivity index (χ1) is 16.8. The minimum atomic E-state index is -1.19. The van der Waals surface area contributed by atoms with Crippen LogP contribution >= 0.6 is 0 Å². The maximum Gasteiger partial charge on any atom is 0.305 e. The van der Waals surface area contributed by atoms with Gasteiger partial charge in [0.15, 0.2) is 0 Å². The minimum Gasteiger partial charge on any atom is -0.481 e. The van der Waals surface area contributed by atoms with Crippen LogP contribution in [0.25, 0.3) is 0 Å². The Morgan fingerprint density at radius 3 is 2.17 bits per heavy atom. The van der Waals surface area contributed by atoms with Crippen LogP contribution in [0.15, 0.2) is 24.3 Å². The lowest BCUT2D eigenvalue weighted by Gasteiger charge is -2.40. The maximum absolute atomic E-state index is 12.7. The lowest BCUT2D eigenvalue weighted by Crippen LogP contribution is -2.47. The molecule has 3 unspecified atom stereocenters. The molecule has 2 saturated carbocycles. The van der Waals surface area contributed by atoms with Crippen LogP contribution in [-0.4, -0.2) is 68.8 Å². The van der Waals surface area contributed by atoms with Crippen molar-refractivity contribution in [3.05, 3.63) is 35.4 Å². The number of benzene rings is 1. The topological polar surface area (TPSA) is 127 Å². The average Bonchev–Trinajstić information content (AvgIpc) is 3.08. The van der Waals surface area contributed by atoms with E-state index in [2.05, 4.69) is 5.32 Å². The number of aliphatic hydroxyl groups is 2. The number of nitrogens with one attached hydrogen (secondary N) is 1. The van der Waals surface area contributed by atoms with Crippen molar-refractivity contribution in [3.8, 4) is 0 Å². The van der Waals surface area contributed by atoms with Gasteiger partial charge in [-0.25, -0.2) is 0 Å². The number of fused-ring (bicyclic) bond motifs is 1. The van der Waals surface area contributed by atoms with Gasteiger partial charge in [0, 0.05) is 24.5 Å². The first-order valence-electron chi connectivity index (χ1n) is 13.1. The molecule has 2 fully saturated rings. The summed E-state index contributed by atoms with van der Waals surface area (Å²) in [5.41, 5.74) is 0.719. The van der Waals surface area contributed by atoms with Crippen LogP contribution in [0.3, 0.4) is 0 Å². The highest BCUT2D eigenvalue weighted by Gasteiger charge is 2.40. The van der Waals surface area contributed by atoms with E-state index in [1.807, 2.05) is 0 Å². The predicted molar refractivity (Wildman–Crippen MR) is 130 cm³/mol. The molecular weight excluding hydrogens is 448 g/mol. The summed E-state index contributed by atoms with van der Waals surface area (Å²) in [5.74, 6) is -2.53. The van der Waals surface area contributed by atoms with Gasteiger partial charge in [0.05, 0.1) is 29.8 Å². The number of hydrogen-bond acceptors (Lipinski definition) is 6. The number of carboxylic acid groups (broad SMARTS) is 1. The zero-order chi connectivity index (χ0) is 24.9. The van der Waals surface area contributed by atoms with Crippen molar-refractivity contribution < 1.29 is 29.7 Å². The van der Waals surface area contributed by atoms with E-state index in [4.69, 9.17) is 0 Å². The van der Waals surface area contributed by atoms with E-state index >= 15 is 0 Å². The fourth-order valence-electron chi connectivity index (χ4n) is 6.43. The van der Waals surface area contributed by atoms with Crippen LogP contribution in [0.4, 0.5) is 0 Å². The zero-order valence-corrected chi connectivity index (χ0v) is 20.3. The Balaban J connectivity index is 1.41. The highest BCUT2D eigenvalue weighted by Crippen LogP contribution is 2.37. The number of carbonyl (C=O) groups is 3. The number of carboxylic acids is 1. The van der Waals surface area contributed by atoms with Crippen molar-refractivity contribution in [2.45, 2.75) is 94.9 Å². The van der Waals surface area contributed by atoms with Crippen LogP contribution in [-0.2, 0) is 4.79 Å². The standard InChI is InChI=1S/C27H38N2O6/c30-22(13-14-29-26(34)20-11-4-5-12-21(20)27(29)35)25(23(31)16-24(32)33)17-7-6-10-19(15-17)28-18-8-2-1-3-9-18/h4-5,11-12,17-19,22-23,25,28,30-31H,1-3,6-10,13-16H2,(H,32,33)/t17?,19?,22-,23+,25?/m1/s1. The first-order valence-corrected chi connectivity index (χ1v) is 13.1. The molecular formula is C27H38N2O6. The molecule has 8 nitrogen and oxygen atoms in total. The molecule has 3 aliphatic rings. The molecule has 5 atom stereocenters. The highest BCUT2D eigenvalue weighted by molar-refractivity contribution is 6.21. The van der Waals surface area contributed by atoms with E-state index in [9.17, 15) is 29.7 Å². The van der Waals surface area contributed by atoms with E-state index in [-0.39, 0.29) is 30.7 Å². The third-order valence-electron chi connectivity index (χ3n) is 8.13. The van der Waals surface area contributed by atoms with Gasteiger partial charge in [-0.15, -0.1) is 0 Å². The highest BCUT2D eigenvalue weighted by atomic mass is 16.4. The number of nitrogens with zero attached hydrogens (tertiary/aromatic N) is 1. The first kappa shape index (κ1) is 25.8. The minimum absolute atomic E-state index is 0.0281. The summed E-state index contributed by atoms with van der Waals surface area (Å²) < 4.78 is 0. The van der Waals surface area contributed by atoms with E-state index in [1.165, 1.54) is 32.1 Å². The van der Waals surface area contributed by atoms with E-state index in [0.717, 1.165) is 30.6 Å². The van der Waals surface area contributed by atoms with Gasteiger partial charge in [-0.3, -0.25) is 19.3 Å². The molecule has 4 N–H and O–H groups in total. The van der Waals surface area contributed by atoms with E-state index in [0.29, 0.717) is 23.2 Å². The van der Waals surface area contributed by atoms with Gasteiger partial charge in [-0.05, 0) is 56.6 Å². The molecule has 192 valence electrons. The number of carbonyl (C=O) groups excluding carboxylic acids is 2. The summed E-state index contributed by atoms with van der Waals surface area (Å²) in [7, 11) is 0. The molecule has 0 radical (unpaired) electrons. The second-order valence-corrected chi connectivity index (χ2v) is 10.5. The van der Waals surface area contributed by atoms with Gasteiger partial charge in [0.2, 0.25) is 0 Å². The lowest BCUT2D eigenvalue weighted by atomic mass is 9.72. The number of imide groups is 1. The normalized spacial score (nSPS) is 25.8. The summed E-state index contributed by atoms with van der Waals surface area (Å²) in [6, 6.07) is 7.46. The molecule has 1 heterocycles. The van der Waals surface area contributed by atoms with E-state index < -0.39 is 30.5 Å². The Kier molecular flexibility index (Phi) is 8.57. The van der Waals surface area contributed by atoms with Gasteiger partial charge < -0.3 is 20.6 Å². The monoisotopic (exact) mass is 486 g/mol. The van der Waals surface area contributed by atoms with Crippen LogP contribution in [0.2, 0.25) is 0 Å². The number of rotatable bonds is 10. The molecule has 0 spiro atoms. The van der Waals surface area contributed by atoms with Crippen molar-refractivity contribution in [1.29, 1.82) is 0 Å². The molecule has 8 heteroatoms. The zero-order valence-electron chi connectivity index (χ0n) is 20.3. The average molecular weight is 487 g/mol. The Labute approximate surface area is 206 Å². The van der Waals surface area contributed by atoms with Gasteiger partial charge in [-0.2, -0.15) is 0 Å². The van der Waals surface area contributed by atoms with Crippen LogP contribution in [0.1, 0.15) is 91.3 Å². The van der Waals surface area contributed by atoms with Crippen molar-refractivity contribution in [2.75, 3.05) is 6.54 Å². The summed E-state index contributed by atoms with van der Waals surface area (Å²) >= 11 is 0. The molecule has 2 aliphatic carbocycles. The van der Waals surface area contributed by atoms with Crippen LogP contribution in [0.5, 0.6) is 0 Å². The Hall–Kier alpha value is -2.29. The van der Waals surface area contributed by atoms with Crippen LogP contribution in [0, 0.1) is 11.8 Å². The molecule has 0 aromatic heterocycles. The molecule has 2 amide bonds. The third kappa shape index (κ3) is 6.11. The number of aliphatic hydroxyl groups excluding tert-OH is 2. The smallest absolute Gasteiger partial charge is 0.305 e. The van der Waals surface area contributed by atoms with Crippen molar-refractivity contribution in [2.24, 2.45) is 11.8 Å². The van der Waals surface area contributed by atoms with Crippen molar-refractivity contribution in [1.82, 2.24) is 10.2 Å². The van der Waals surface area contributed by atoms with Crippen molar-refractivity contribution in [3.63, 3.8) is 0 Å². The van der Waals surface area contributed by atoms with Gasteiger partial charge >= 0.3 is 5.97 Å². The lowest BCUT2D eigenvalue weighted by molar-refractivity contribution is -0.141. The quantitative estimate of drug-likeness (QED) is 0.375. The Morgan fingerprint density at radius 2 is 1.54 bits per heavy atom. The largest absolute Gasteiger partial charge is 0.481 e. The molecule has 0 bridgehead atoms. The van der Waals surface area contributed by atoms with Gasteiger partial charge in [-0.1, -0.05) is 37.8 Å². The van der Waals surface area contributed by atoms with Gasteiger partial charge in [0.1, 0.15) is 0 Å². The maximum atomic E-state index is 12.7. The Bertz CT molecular complexity index is 880. The van der Waals surface area contributed by atoms with Gasteiger partial charge in [0.25, 0.3) is 11.8 Å². The second kappa shape index (κ2) is 11.6. The molecule has 4 rings (SSSR count). The molecule has 35 heavy (non-hydrogen) atoms. The predicted octanol–water partition coefficient (Wildman–Crippen LogP) is 2.97. The Morgan fingerprint density at radius 1 is 0.914 bits per heavy atom. The van der Waals surface area contributed by atoms with Crippen LogP contribution < -0.4 is 5.32 Å². The fourth-order valence-corrected chi connectivity index (χ4v) is 6.43. The van der Waals surface area contributed by atoms with Crippen molar-refractivity contribution >= 4 is 17.8 Å². The number of aliphatic carboxylic acids is 1. The summed E-state index contributed by atoms with van der Waals surface area (Å²) in [4.78, 5) is 37.9. The molecule has 1 aromatic rings. The summed E-state index contributed by atoms with van der Waals surface area (Å²) in [6.07, 6.45) is 7.16. The van der Waals surface area contributed by atoms with E-state index in [1.54, 1.807) is 24.3 Å². The third-order valence-corrected chi connectivity index (χ3v) is 8.13. The summed E-state index contributed by atoms with van der Waals surface area (Å²) in [5, 5.41) is 35.1. The fraction of sp³-hybridized carbons (Fsp3) is 0.667. The number of hydrogen-bond donors (Lipinski definition) is 4. The molecule has 1 aromatic carbocycles. The SMILES string of the molecule is O=C(O)C[C@H](O)C(C1CCCC(NC2CCCCC2)C1)[C@H](O)CCN1C(=O)c2ccccc2C1=O. The molecule has 0 saturated heterocycles. The molecule has 1 aliphatic heterocycles.